The molecule has 0 spiro atoms. The third-order valence-electron chi connectivity index (χ3n) is 3.03. The van der Waals surface area contributed by atoms with Crippen LogP contribution in [0.1, 0.15) is 11.1 Å². The van der Waals surface area contributed by atoms with Crippen LogP contribution in [-0.2, 0) is 6.61 Å². The van der Waals surface area contributed by atoms with Crippen LogP contribution in [0.5, 0.6) is 0 Å². The number of hydrogen-bond donors (Lipinski definition) is 1. The van der Waals surface area contributed by atoms with E-state index in [9.17, 15) is 5.11 Å². The van der Waals surface area contributed by atoms with Crippen molar-refractivity contribution in [2.45, 2.75) is 13.5 Å². The zero-order chi connectivity index (χ0) is 12.5. The summed E-state index contributed by atoms with van der Waals surface area (Å²) in [6.45, 7) is 2.16. The Morgan fingerprint density at radius 1 is 1.06 bits per heavy atom. The fourth-order valence-corrected chi connectivity index (χ4v) is 3.27. The van der Waals surface area contributed by atoms with Crippen LogP contribution in [0.25, 0.3) is 20.5 Å². The highest BCUT2D eigenvalue weighted by atomic mass is 32.1. The SMILES string of the molecule is Cc1cc(CO)cc(-c2cc3ccccc3s2)c1. The number of aryl methyl sites for hydroxylation is 1. The summed E-state index contributed by atoms with van der Waals surface area (Å²) in [7, 11) is 0. The van der Waals surface area contributed by atoms with E-state index in [0.717, 1.165) is 5.56 Å². The second kappa shape index (κ2) is 4.56. The molecule has 0 aliphatic carbocycles. The molecule has 0 fully saturated rings. The number of aliphatic hydroxyl groups excluding tert-OH is 1. The average Bonchev–Trinajstić information content (AvgIpc) is 2.81. The molecule has 3 aromatic rings. The molecule has 18 heavy (non-hydrogen) atoms. The average molecular weight is 254 g/mol. The maximum absolute atomic E-state index is 9.28. The predicted molar refractivity (Wildman–Crippen MR) is 77.9 cm³/mol. The van der Waals surface area contributed by atoms with Crippen LogP contribution in [0, 0.1) is 6.92 Å². The van der Waals surface area contributed by atoms with Crippen LogP contribution >= 0.6 is 11.3 Å². The molecule has 3 rings (SSSR count). The van der Waals surface area contributed by atoms with Crippen molar-refractivity contribution >= 4 is 21.4 Å². The lowest BCUT2D eigenvalue weighted by Gasteiger charge is -2.03. The first-order chi connectivity index (χ1) is 8.76. The van der Waals surface area contributed by atoms with Crippen molar-refractivity contribution in [3.05, 3.63) is 59.7 Å². The Bertz CT molecular complexity index is 664. The highest BCUT2D eigenvalue weighted by molar-refractivity contribution is 7.22. The van der Waals surface area contributed by atoms with Gasteiger partial charge in [-0.3, -0.25) is 0 Å². The Morgan fingerprint density at radius 3 is 2.67 bits per heavy atom. The van der Waals surface area contributed by atoms with Gasteiger partial charge < -0.3 is 5.11 Å². The van der Waals surface area contributed by atoms with Crippen molar-refractivity contribution in [1.82, 2.24) is 0 Å². The lowest BCUT2D eigenvalue weighted by Crippen LogP contribution is -1.86. The van der Waals surface area contributed by atoms with Gasteiger partial charge in [0, 0.05) is 9.58 Å². The van der Waals surface area contributed by atoms with Crippen LogP contribution in [0.2, 0.25) is 0 Å². The molecule has 0 unspecified atom stereocenters. The molecule has 0 amide bonds. The molecular formula is C16H14OS. The lowest BCUT2D eigenvalue weighted by molar-refractivity contribution is 0.282. The highest BCUT2D eigenvalue weighted by Crippen LogP contribution is 2.34. The standard InChI is InChI=1S/C16H14OS/c1-11-6-12(10-17)8-14(7-11)16-9-13-4-2-3-5-15(13)18-16/h2-9,17H,10H2,1H3. The predicted octanol–water partition coefficient (Wildman–Crippen LogP) is 4.37. The molecule has 2 heteroatoms. The number of aliphatic hydroxyl groups is 1. The van der Waals surface area contributed by atoms with E-state index in [2.05, 4.69) is 49.4 Å². The van der Waals surface area contributed by atoms with E-state index in [4.69, 9.17) is 0 Å². The van der Waals surface area contributed by atoms with Gasteiger partial charge in [-0.25, -0.2) is 0 Å². The van der Waals surface area contributed by atoms with Crippen LogP contribution in [-0.4, -0.2) is 5.11 Å². The van der Waals surface area contributed by atoms with Gasteiger partial charge >= 0.3 is 0 Å². The second-order valence-electron chi connectivity index (χ2n) is 4.51. The van der Waals surface area contributed by atoms with Crippen LogP contribution in [0.4, 0.5) is 0 Å². The molecule has 2 aromatic carbocycles. The monoisotopic (exact) mass is 254 g/mol. The van der Waals surface area contributed by atoms with E-state index >= 15 is 0 Å². The van der Waals surface area contributed by atoms with Gasteiger partial charge in [0.1, 0.15) is 0 Å². The normalized spacial score (nSPS) is 11.0. The van der Waals surface area contributed by atoms with E-state index in [0.29, 0.717) is 0 Å². The Hall–Kier alpha value is -1.64. The van der Waals surface area contributed by atoms with E-state index in [1.54, 1.807) is 11.3 Å². The van der Waals surface area contributed by atoms with Crippen molar-refractivity contribution < 1.29 is 5.11 Å². The fraction of sp³-hybridized carbons (Fsp3) is 0.125. The summed E-state index contributed by atoms with van der Waals surface area (Å²) in [6, 6.07) is 16.9. The Balaban J connectivity index is 2.16. The van der Waals surface area contributed by atoms with E-state index in [1.165, 1.54) is 26.1 Å². The minimum Gasteiger partial charge on any atom is -0.392 e. The van der Waals surface area contributed by atoms with Crippen LogP contribution in [0.15, 0.2) is 48.5 Å². The fourth-order valence-electron chi connectivity index (χ4n) is 2.22. The zero-order valence-corrected chi connectivity index (χ0v) is 11.0. The minimum atomic E-state index is 0.0968. The number of hydrogen-bond acceptors (Lipinski definition) is 2. The summed E-state index contributed by atoms with van der Waals surface area (Å²) in [5.74, 6) is 0. The van der Waals surface area contributed by atoms with Gasteiger partial charge in [-0.05, 0) is 41.6 Å². The van der Waals surface area contributed by atoms with E-state index in [-0.39, 0.29) is 6.61 Å². The minimum absolute atomic E-state index is 0.0968. The molecule has 90 valence electrons. The van der Waals surface area contributed by atoms with Gasteiger partial charge in [-0.2, -0.15) is 0 Å². The molecule has 1 heterocycles. The summed E-state index contributed by atoms with van der Waals surface area (Å²) in [4.78, 5) is 1.26. The molecular weight excluding hydrogens is 240 g/mol. The number of fused-ring (bicyclic) bond motifs is 1. The van der Waals surface area contributed by atoms with Crippen molar-refractivity contribution in [2.75, 3.05) is 0 Å². The Kier molecular flexibility index (Phi) is 2.90. The highest BCUT2D eigenvalue weighted by Gasteiger charge is 2.05. The molecule has 1 aromatic heterocycles. The third-order valence-corrected chi connectivity index (χ3v) is 4.19. The molecule has 0 radical (unpaired) electrons. The summed E-state index contributed by atoms with van der Waals surface area (Å²) in [5, 5.41) is 10.6. The molecule has 1 nitrogen and oxygen atoms in total. The summed E-state index contributed by atoms with van der Waals surface area (Å²) < 4.78 is 1.31. The third kappa shape index (κ3) is 2.05. The van der Waals surface area contributed by atoms with Crippen molar-refractivity contribution in [1.29, 1.82) is 0 Å². The zero-order valence-electron chi connectivity index (χ0n) is 10.2. The van der Waals surface area contributed by atoms with E-state index < -0.39 is 0 Å². The number of benzene rings is 2. The van der Waals surface area contributed by atoms with Gasteiger partial charge in [0.05, 0.1) is 6.61 Å². The summed E-state index contributed by atoms with van der Waals surface area (Å²) in [6.07, 6.45) is 0. The van der Waals surface area contributed by atoms with Crippen molar-refractivity contribution in [2.24, 2.45) is 0 Å². The first-order valence-electron chi connectivity index (χ1n) is 5.96. The molecule has 0 aliphatic rings. The maximum Gasteiger partial charge on any atom is 0.0682 e. The van der Waals surface area contributed by atoms with Crippen LogP contribution < -0.4 is 0 Å². The first kappa shape index (κ1) is 11.5. The molecule has 0 bridgehead atoms. The van der Waals surface area contributed by atoms with Gasteiger partial charge in [0.2, 0.25) is 0 Å². The second-order valence-corrected chi connectivity index (χ2v) is 5.60. The van der Waals surface area contributed by atoms with Gasteiger partial charge in [0.15, 0.2) is 0 Å². The van der Waals surface area contributed by atoms with Crippen molar-refractivity contribution in [3.63, 3.8) is 0 Å². The Morgan fingerprint density at radius 2 is 1.89 bits per heavy atom. The topological polar surface area (TPSA) is 20.2 Å². The molecule has 0 aliphatic heterocycles. The quantitative estimate of drug-likeness (QED) is 0.720. The molecule has 0 saturated carbocycles. The van der Waals surface area contributed by atoms with E-state index in [1.807, 2.05) is 6.07 Å². The van der Waals surface area contributed by atoms with Gasteiger partial charge in [-0.15, -0.1) is 11.3 Å². The summed E-state index contributed by atoms with van der Waals surface area (Å²) in [5.41, 5.74) is 3.36. The largest absolute Gasteiger partial charge is 0.392 e. The maximum atomic E-state index is 9.28. The van der Waals surface area contributed by atoms with Gasteiger partial charge in [0.25, 0.3) is 0 Å². The summed E-state index contributed by atoms with van der Waals surface area (Å²) >= 11 is 1.80. The lowest BCUT2D eigenvalue weighted by atomic mass is 10.1. The Labute approximate surface area is 110 Å². The van der Waals surface area contributed by atoms with Crippen LogP contribution in [0.3, 0.4) is 0 Å². The molecule has 0 atom stereocenters. The molecule has 1 N–H and O–H groups in total. The van der Waals surface area contributed by atoms with Gasteiger partial charge in [-0.1, -0.05) is 35.9 Å². The smallest absolute Gasteiger partial charge is 0.0682 e. The molecule has 0 saturated heterocycles. The first-order valence-corrected chi connectivity index (χ1v) is 6.78. The number of thiophene rings is 1. The van der Waals surface area contributed by atoms with Crippen molar-refractivity contribution in [3.8, 4) is 10.4 Å². The number of rotatable bonds is 2.